The number of ether oxygens (including phenoxy) is 1. The van der Waals surface area contributed by atoms with Crippen LogP contribution >= 0.6 is 0 Å². The molecule has 1 aliphatic rings. The summed E-state index contributed by atoms with van der Waals surface area (Å²) >= 11 is 0. The number of methoxy groups -OCH3 is 1. The van der Waals surface area contributed by atoms with Crippen molar-refractivity contribution in [2.75, 3.05) is 12.8 Å². The van der Waals surface area contributed by atoms with Crippen molar-refractivity contribution in [1.82, 2.24) is 19.5 Å². The molecule has 2 aromatic heterocycles. The number of imidazole rings is 1. The Bertz CT molecular complexity index is 508. The molecule has 6 nitrogen and oxygen atoms in total. The monoisotopic (exact) mass is 205 g/mol. The number of nitrogens with zero attached hydrogens (tertiary/aromatic N) is 4. The molecule has 3 rings (SSSR count). The fourth-order valence-corrected chi connectivity index (χ4v) is 1.82. The van der Waals surface area contributed by atoms with Crippen molar-refractivity contribution in [1.29, 1.82) is 0 Å². The number of anilines is 1. The van der Waals surface area contributed by atoms with E-state index in [4.69, 9.17) is 10.5 Å². The molecule has 2 aromatic rings. The Kier molecular flexibility index (Phi) is 1.66. The van der Waals surface area contributed by atoms with E-state index in [1.807, 2.05) is 4.57 Å². The van der Waals surface area contributed by atoms with Crippen LogP contribution in [0.3, 0.4) is 0 Å². The standard InChI is InChI=1S/C9H11N5O/c1-15-6-2-5(6)14-4-13-7-8(10)11-3-12-9(7)14/h3-6H,2H2,1H3,(H2,10,11,12). The number of aromatic nitrogens is 4. The van der Waals surface area contributed by atoms with Gasteiger partial charge in [0.1, 0.15) is 11.8 Å². The highest BCUT2D eigenvalue weighted by atomic mass is 16.5. The van der Waals surface area contributed by atoms with E-state index in [1.165, 1.54) is 6.33 Å². The summed E-state index contributed by atoms with van der Waals surface area (Å²) in [5.74, 6) is 0.424. The van der Waals surface area contributed by atoms with E-state index in [2.05, 4.69) is 15.0 Å². The molecule has 2 N–H and O–H groups in total. The third-order valence-electron chi connectivity index (χ3n) is 2.75. The highest BCUT2D eigenvalue weighted by Crippen LogP contribution is 2.39. The summed E-state index contributed by atoms with van der Waals surface area (Å²) in [6.07, 6.45) is 4.49. The molecule has 1 fully saturated rings. The van der Waals surface area contributed by atoms with Gasteiger partial charge in [0, 0.05) is 7.11 Å². The van der Waals surface area contributed by atoms with Gasteiger partial charge < -0.3 is 15.0 Å². The van der Waals surface area contributed by atoms with Crippen LogP contribution in [-0.4, -0.2) is 32.7 Å². The molecule has 78 valence electrons. The largest absolute Gasteiger partial charge is 0.382 e. The molecule has 0 spiro atoms. The summed E-state index contributed by atoms with van der Waals surface area (Å²) in [6.45, 7) is 0. The lowest BCUT2D eigenvalue weighted by atomic mass is 10.5. The predicted octanol–water partition coefficient (Wildman–Crippen LogP) is 0.368. The topological polar surface area (TPSA) is 78.9 Å². The van der Waals surface area contributed by atoms with Crippen LogP contribution in [0.5, 0.6) is 0 Å². The molecule has 0 amide bonds. The maximum absolute atomic E-state index is 5.70. The van der Waals surface area contributed by atoms with Gasteiger partial charge in [-0.2, -0.15) is 0 Å². The van der Waals surface area contributed by atoms with E-state index in [-0.39, 0.29) is 6.10 Å². The fraction of sp³-hybridized carbons (Fsp3) is 0.444. The number of fused-ring (bicyclic) bond motifs is 1. The van der Waals surface area contributed by atoms with Crippen LogP contribution in [0.15, 0.2) is 12.7 Å². The Morgan fingerprint density at radius 3 is 3.07 bits per heavy atom. The molecule has 0 aliphatic heterocycles. The molecule has 0 saturated heterocycles. The maximum atomic E-state index is 5.70. The van der Waals surface area contributed by atoms with E-state index < -0.39 is 0 Å². The zero-order valence-electron chi connectivity index (χ0n) is 8.29. The molecule has 2 atom stereocenters. The van der Waals surface area contributed by atoms with Crippen molar-refractivity contribution in [2.24, 2.45) is 0 Å². The molecule has 1 saturated carbocycles. The summed E-state index contributed by atoms with van der Waals surface area (Å²) in [6, 6.07) is 0.342. The summed E-state index contributed by atoms with van der Waals surface area (Å²) < 4.78 is 7.25. The van der Waals surface area contributed by atoms with Gasteiger partial charge in [-0.3, -0.25) is 0 Å². The van der Waals surface area contributed by atoms with E-state index >= 15 is 0 Å². The quantitative estimate of drug-likeness (QED) is 0.766. The molecule has 6 heteroatoms. The fourth-order valence-electron chi connectivity index (χ4n) is 1.82. The normalized spacial score (nSPS) is 24.6. The van der Waals surface area contributed by atoms with E-state index in [1.54, 1.807) is 13.4 Å². The minimum atomic E-state index is 0.276. The number of nitrogens with two attached hydrogens (primary N) is 1. The van der Waals surface area contributed by atoms with Crippen LogP contribution in [0.4, 0.5) is 5.82 Å². The molecule has 15 heavy (non-hydrogen) atoms. The average molecular weight is 205 g/mol. The zero-order valence-corrected chi connectivity index (χ0v) is 8.29. The average Bonchev–Trinajstić information content (AvgIpc) is 2.90. The van der Waals surface area contributed by atoms with E-state index in [0.717, 1.165) is 12.1 Å². The smallest absolute Gasteiger partial charge is 0.165 e. The van der Waals surface area contributed by atoms with E-state index in [9.17, 15) is 0 Å². The lowest BCUT2D eigenvalue weighted by molar-refractivity contribution is 0.170. The van der Waals surface area contributed by atoms with Gasteiger partial charge >= 0.3 is 0 Å². The van der Waals surface area contributed by atoms with Gasteiger partial charge in [0.2, 0.25) is 0 Å². The number of rotatable bonds is 2. The molecule has 2 heterocycles. The van der Waals surface area contributed by atoms with Crippen LogP contribution in [0.2, 0.25) is 0 Å². The Hall–Kier alpha value is -1.69. The van der Waals surface area contributed by atoms with Crippen LogP contribution in [0, 0.1) is 0 Å². The van der Waals surface area contributed by atoms with Crippen LogP contribution < -0.4 is 5.73 Å². The first kappa shape index (κ1) is 8.60. The second kappa shape index (κ2) is 2.90. The van der Waals surface area contributed by atoms with Crippen LogP contribution in [-0.2, 0) is 4.74 Å². The Morgan fingerprint density at radius 2 is 2.33 bits per heavy atom. The summed E-state index contributed by atoms with van der Waals surface area (Å²) in [5, 5.41) is 0. The van der Waals surface area contributed by atoms with Gasteiger partial charge in [-0.05, 0) is 6.42 Å². The lowest BCUT2D eigenvalue weighted by Gasteiger charge is -2.01. The van der Waals surface area contributed by atoms with Crippen LogP contribution in [0.25, 0.3) is 11.2 Å². The first-order valence-electron chi connectivity index (χ1n) is 4.77. The van der Waals surface area contributed by atoms with Crippen LogP contribution in [0.1, 0.15) is 12.5 Å². The number of hydrogen-bond donors (Lipinski definition) is 1. The van der Waals surface area contributed by atoms with E-state index in [0.29, 0.717) is 17.4 Å². The van der Waals surface area contributed by atoms with Crippen molar-refractivity contribution in [3.63, 3.8) is 0 Å². The molecular weight excluding hydrogens is 194 g/mol. The Morgan fingerprint density at radius 1 is 1.47 bits per heavy atom. The van der Waals surface area contributed by atoms with Gasteiger partial charge in [0.15, 0.2) is 11.5 Å². The Labute approximate surface area is 86.1 Å². The lowest BCUT2D eigenvalue weighted by Crippen LogP contribution is -2.00. The predicted molar refractivity (Wildman–Crippen MR) is 54.2 cm³/mol. The van der Waals surface area contributed by atoms with Gasteiger partial charge in [-0.25, -0.2) is 15.0 Å². The maximum Gasteiger partial charge on any atom is 0.165 e. The minimum Gasteiger partial charge on any atom is -0.382 e. The minimum absolute atomic E-state index is 0.276. The molecule has 0 aromatic carbocycles. The van der Waals surface area contributed by atoms with Gasteiger partial charge in [0.25, 0.3) is 0 Å². The van der Waals surface area contributed by atoms with Crippen molar-refractivity contribution in [3.8, 4) is 0 Å². The van der Waals surface area contributed by atoms with Crippen molar-refractivity contribution >= 4 is 17.0 Å². The molecule has 2 unspecified atom stereocenters. The number of hydrogen-bond acceptors (Lipinski definition) is 5. The third-order valence-corrected chi connectivity index (χ3v) is 2.75. The van der Waals surface area contributed by atoms with Gasteiger partial charge in [-0.15, -0.1) is 0 Å². The summed E-state index contributed by atoms with van der Waals surface area (Å²) in [5.41, 5.74) is 7.15. The summed E-state index contributed by atoms with van der Waals surface area (Å²) in [7, 11) is 1.72. The first-order valence-corrected chi connectivity index (χ1v) is 4.77. The molecular formula is C9H11N5O. The van der Waals surface area contributed by atoms with Crippen molar-refractivity contribution in [2.45, 2.75) is 18.6 Å². The SMILES string of the molecule is COC1CC1n1cnc2c(N)ncnc21. The summed E-state index contributed by atoms with van der Waals surface area (Å²) in [4.78, 5) is 12.3. The highest BCUT2D eigenvalue weighted by Gasteiger charge is 2.40. The number of nitrogen functional groups attached to an aromatic ring is 1. The molecule has 0 radical (unpaired) electrons. The first-order chi connectivity index (χ1) is 7.31. The van der Waals surface area contributed by atoms with Gasteiger partial charge in [0.05, 0.1) is 18.5 Å². The second-order valence-corrected chi connectivity index (χ2v) is 3.66. The zero-order chi connectivity index (χ0) is 10.4. The molecule has 0 bridgehead atoms. The highest BCUT2D eigenvalue weighted by molar-refractivity contribution is 5.81. The second-order valence-electron chi connectivity index (χ2n) is 3.66. The van der Waals surface area contributed by atoms with Gasteiger partial charge in [-0.1, -0.05) is 0 Å². The Balaban J connectivity index is 2.10. The third kappa shape index (κ3) is 1.18. The molecule has 1 aliphatic carbocycles. The van der Waals surface area contributed by atoms with Crippen molar-refractivity contribution < 1.29 is 4.74 Å². The van der Waals surface area contributed by atoms with Crippen molar-refractivity contribution in [3.05, 3.63) is 12.7 Å².